The number of amides is 2. The van der Waals surface area contributed by atoms with E-state index in [0.29, 0.717) is 19.0 Å². The summed E-state index contributed by atoms with van der Waals surface area (Å²) in [6.07, 6.45) is 6.92. The fourth-order valence-corrected chi connectivity index (χ4v) is 4.40. The highest BCUT2D eigenvalue weighted by molar-refractivity contribution is 5.79. The van der Waals surface area contributed by atoms with Gasteiger partial charge in [0.2, 0.25) is 12.3 Å². The maximum Gasteiger partial charge on any atom is 0.226 e. The molecule has 0 bridgehead atoms. The molecule has 2 aliphatic carbocycles. The zero-order valence-electron chi connectivity index (χ0n) is 14.6. The van der Waals surface area contributed by atoms with Crippen LogP contribution in [0.25, 0.3) is 0 Å². The summed E-state index contributed by atoms with van der Waals surface area (Å²) < 4.78 is 0. The fraction of sp³-hybridized carbons (Fsp3) is 0.600. The average molecular weight is 341 g/mol. The van der Waals surface area contributed by atoms with Crippen LogP contribution in [0.15, 0.2) is 18.2 Å². The Morgan fingerprint density at radius 1 is 1.12 bits per heavy atom. The Balaban J connectivity index is 1.45. The van der Waals surface area contributed by atoms with E-state index in [9.17, 15) is 9.59 Å². The van der Waals surface area contributed by atoms with Gasteiger partial charge >= 0.3 is 0 Å². The van der Waals surface area contributed by atoms with Crippen LogP contribution < -0.4 is 11.1 Å². The van der Waals surface area contributed by atoms with Gasteiger partial charge in [0.1, 0.15) is 0 Å². The van der Waals surface area contributed by atoms with Crippen LogP contribution in [0.4, 0.5) is 0 Å². The van der Waals surface area contributed by atoms with Crippen LogP contribution >= 0.6 is 0 Å². The molecule has 3 N–H and O–H groups in total. The molecule has 4 rings (SSSR count). The van der Waals surface area contributed by atoms with Crippen LogP contribution in [0, 0.1) is 11.8 Å². The van der Waals surface area contributed by atoms with Crippen molar-refractivity contribution in [3.8, 4) is 0 Å². The van der Waals surface area contributed by atoms with Crippen molar-refractivity contribution in [2.45, 2.75) is 63.7 Å². The molecule has 1 aromatic carbocycles. The van der Waals surface area contributed by atoms with E-state index in [1.807, 2.05) is 4.90 Å². The molecule has 2 fully saturated rings. The van der Waals surface area contributed by atoms with E-state index >= 15 is 0 Å². The molecule has 1 heterocycles. The van der Waals surface area contributed by atoms with E-state index in [4.69, 9.17) is 5.73 Å². The second-order valence-corrected chi connectivity index (χ2v) is 7.93. The highest BCUT2D eigenvalue weighted by Crippen LogP contribution is 2.41. The van der Waals surface area contributed by atoms with Gasteiger partial charge in [0, 0.05) is 25.0 Å². The van der Waals surface area contributed by atoms with E-state index in [1.165, 1.54) is 29.5 Å². The van der Waals surface area contributed by atoms with E-state index in [1.54, 1.807) is 0 Å². The molecule has 1 unspecified atom stereocenters. The number of nitrogens with zero attached hydrogens (tertiary/aromatic N) is 1. The number of nitrogens with two attached hydrogens (primary N) is 1. The maximum atomic E-state index is 12.8. The molecule has 2 saturated carbocycles. The van der Waals surface area contributed by atoms with Crippen molar-refractivity contribution in [1.82, 2.24) is 10.2 Å². The zero-order chi connectivity index (χ0) is 17.4. The minimum Gasteiger partial charge on any atom is -0.352 e. The molecular weight excluding hydrogens is 314 g/mol. The van der Waals surface area contributed by atoms with E-state index in [-0.39, 0.29) is 23.9 Å². The van der Waals surface area contributed by atoms with Crippen LogP contribution in [-0.2, 0) is 22.7 Å². The molecule has 1 aliphatic heterocycles. The molecule has 2 amide bonds. The molecule has 0 saturated heterocycles. The normalized spacial score (nSPS) is 26.8. The predicted molar refractivity (Wildman–Crippen MR) is 95.3 cm³/mol. The number of carbonyl (C=O) groups excluding carboxylic acids is 2. The quantitative estimate of drug-likeness (QED) is 0.807. The lowest BCUT2D eigenvalue weighted by Crippen LogP contribution is -2.36. The molecule has 1 atom stereocenters. The first-order chi connectivity index (χ1) is 12.2. The summed E-state index contributed by atoms with van der Waals surface area (Å²) in [6.45, 7) is 1.41. The fourth-order valence-electron chi connectivity index (χ4n) is 4.40. The van der Waals surface area contributed by atoms with E-state index in [2.05, 4.69) is 23.5 Å². The molecule has 5 heteroatoms. The molecule has 0 radical (unpaired) electrons. The van der Waals surface area contributed by atoms with Crippen molar-refractivity contribution >= 4 is 12.3 Å². The zero-order valence-corrected chi connectivity index (χ0v) is 14.6. The lowest BCUT2D eigenvalue weighted by Gasteiger charge is -2.28. The number of hydrogen-bond donors (Lipinski definition) is 2. The first-order valence-corrected chi connectivity index (χ1v) is 9.51. The average Bonchev–Trinajstić information content (AvgIpc) is 3.37. The van der Waals surface area contributed by atoms with Crippen molar-refractivity contribution in [1.29, 1.82) is 0 Å². The molecule has 0 spiro atoms. The molecule has 1 aromatic rings. The summed E-state index contributed by atoms with van der Waals surface area (Å²) >= 11 is 0. The van der Waals surface area contributed by atoms with Gasteiger partial charge in [-0.05, 0) is 61.1 Å². The Kier molecular flexibility index (Phi) is 4.50. The van der Waals surface area contributed by atoms with Gasteiger partial charge in [0.15, 0.2) is 0 Å². The maximum absolute atomic E-state index is 12.8. The van der Waals surface area contributed by atoms with Crippen LogP contribution in [0.1, 0.15) is 61.3 Å². The van der Waals surface area contributed by atoms with Crippen molar-refractivity contribution in [2.24, 2.45) is 17.6 Å². The summed E-state index contributed by atoms with van der Waals surface area (Å²) in [5.41, 5.74) is 9.61. The van der Waals surface area contributed by atoms with Crippen molar-refractivity contribution in [3.05, 3.63) is 34.9 Å². The lowest BCUT2D eigenvalue weighted by atomic mass is 9.85. The third kappa shape index (κ3) is 3.43. The van der Waals surface area contributed by atoms with Gasteiger partial charge in [0.05, 0.1) is 6.04 Å². The lowest BCUT2D eigenvalue weighted by molar-refractivity contribution is -0.137. The van der Waals surface area contributed by atoms with Crippen LogP contribution in [-0.4, -0.2) is 23.3 Å². The predicted octanol–water partition coefficient (Wildman–Crippen LogP) is 2.24. The Morgan fingerprint density at radius 3 is 2.52 bits per heavy atom. The largest absolute Gasteiger partial charge is 0.352 e. The van der Waals surface area contributed by atoms with E-state index < -0.39 is 0 Å². The van der Waals surface area contributed by atoms with E-state index in [0.717, 1.165) is 32.1 Å². The SMILES string of the molecule is NC1CCC(C(=O)N2Cc3ccc(C(NC=O)C4CC4)cc3C2)CC1. The number of nitrogens with one attached hydrogen (secondary N) is 1. The third-order valence-electron chi connectivity index (χ3n) is 6.09. The number of hydrogen-bond acceptors (Lipinski definition) is 3. The monoisotopic (exact) mass is 341 g/mol. The van der Waals surface area contributed by atoms with Crippen molar-refractivity contribution < 1.29 is 9.59 Å². The van der Waals surface area contributed by atoms with Crippen molar-refractivity contribution in [3.63, 3.8) is 0 Å². The molecule has 134 valence electrons. The minimum absolute atomic E-state index is 0.118. The molecule has 5 nitrogen and oxygen atoms in total. The second-order valence-electron chi connectivity index (χ2n) is 7.93. The van der Waals surface area contributed by atoms with Crippen molar-refractivity contribution in [2.75, 3.05) is 0 Å². The second kappa shape index (κ2) is 6.79. The van der Waals surface area contributed by atoms with Gasteiger partial charge in [-0.15, -0.1) is 0 Å². The number of rotatable bonds is 5. The van der Waals surface area contributed by atoms with Gasteiger partial charge in [-0.25, -0.2) is 0 Å². The summed E-state index contributed by atoms with van der Waals surface area (Å²) in [7, 11) is 0. The highest BCUT2D eigenvalue weighted by Gasteiger charge is 2.34. The Bertz CT molecular complexity index is 663. The summed E-state index contributed by atoms with van der Waals surface area (Å²) in [6, 6.07) is 6.83. The van der Waals surface area contributed by atoms with Gasteiger partial charge in [-0.3, -0.25) is 9.59 Å². The highest BCUT2D eigenvalue weighted by atomic mass is 16.2. The molecule has 25 heavy (non-hydrogen) atoms. The topological polar surface area (TPSA) is 75.4 Å². The van der Waals surface area contributed by atoms with Gasteiger partial charge in [-0.1, -0.05) is 18.2 Å². The molecular formula is C20H27N3O2. The van der Waals surface area contributed by atoms with Gasteiger partial charge < -0.3 is 16.0 Å². The summed E-state index contributed by atoms with van der Waals surface area (Å²) in [4.78, 5) is 25.8. The Hall–Kier alpha value is -1.88. The molecule has 3 aliphatic rings. The smallest absolute Gasteiger partial charge is 0.226 e. The molecule has 0 aromatic heterocycles. The van der Waals surface area contributed by atoms with Crippen LogP contribution in [0.5, 0.6) is 0 Å². The third-order valence-corrected chi connectivity index (χ3v) is 6.09. The number of benzene rings is 1. The van der Waals surface area contributed by atoms with Crippen LogP contribution in [0.3, 0.4) is 0 Å². The summed E-state index contributed by atoms with van der Waals surface area (Å²) in [5.74, 6) is 0.993. The number of carbonyl (C=O) groups is 2. The van der Waals surface area contributed by atoms with Gasteiger partial charge in [-0.2, -0.15) is 0 Å². The first-order valence-electron chi connectivity index (χ1n) is 9.51. The first kappa shape index (κ1) is 16.6. The Labute approximate surface area is 148 Å². The minimum atomic E-state index is 0.118. The van der Waals surface area contributed by atoms with Gasteiger partial charge in [0.25, 0.3) is 0 Å². The summed E-state index contributed by atoms with van der Waals surface area (Å²) in [5, 5.41) is 2.97. The van der Waals surface area contributed by atoms with Crippen LogP contribution in [0.2, 0.25) is 0 Å². The Morgan fingerprint density at radius 2 is 1.84 bits per heavy atom. The number of fused-ring (bicyclic) bond motifs is 1. The standard InChI is InChI=1S/C20H27N3O2/c21-18-7-5-14(6-8-18)20(25)23-10-16-4-3-15(9-17(16)11-23)19(22-12-24)13-1-2-13/h3-4,9,12-14,18-19H,1-2,5-8,10-11,21H2,(H,22,24).